The number of anilines is 1. The number of rotatable bonds is 15. The Kier molecular flexibility index (Phi) is 20.1. The van der Waals surface area contributed by atoms with Gasteiger partial charge in [0, 0.05) is 35.1 Å². The van der Waals surface area contributed by atoms with Gasteiger partial charge >= 0.3 is 5.97 Å². The molecule has 2 rings (SSSR count). The first-order chi connectivity index (χ1) is 18.3. The molecule has 0 aliphatic rings. The molecule has 0 saturated carbocycles. The van der Waals surface area contributed by atoms with Crippen molar-refractivity contribution in [1.29, 1.82) is 0 Å². The van der Waals surface area contributed by atoms with Crippen LogP contribution in [0.1, 0.15) is 65.5 Å². The number of benzene rings is 1. The van der Waals surface area contributed by atoms with Crippen molar-refractivity contribution in [1.82, 2.24) is 15.6 Å². The Morgan fingerprint density at radius 3 is 2.31 bits per heavy atom. The highest BCUT2D eigenvalue weighted by atomic mass is 79.9. The monoisotopic (exact) mass is 784 g/mol. The van der Waals surface area contributed by atoms with Gasteiger partial charge in [0.2, 0.25) is 11.8 Å². The van der Waals surface area contributed by atoms with Gasteiger partial charge in [0.25, 0.3) is 0 Å². The lowest BCUT2D eigenvalue weighted by Gasteiger charge is -2.21. The fraction of sp³-hybridized carbons (Fsp3) is 0.571. The van der Waals surface area contributed by atoms with Crippen LogP contribution in [0.2, 0.25) is 0 Å². The number of aromatic nitrogens is 1. The molecule has 0 saturated heterocycles. The van der Waals surface area contributed by atoms with E-state index in [1.54, 1.807) is 7.11 Å². The molecule has 0 fully saturated rings. The molecule has 42 heavy (non-hydrogen) atoms. The first-order valence-corrected chi connectivity index (χ1v) is 13.4. The molecule has 2 aromatic rings. The zero-order valence-corrected chi connectivity index (χ0v) is 30.0. The molecular weight excluding hydrogens is 740 g/mol. The van der Waals surface area contributed by atoms with Crippen molar-refractivity contribution >= 4 is 85.3 Å². The molecule has 8 N–H and O–H groups in total. The molecule has 11 nitrogen and oxygen atoms in total. The number of ether oxygens (including phenoxy) is 1. The summed E-state index contributed by atoms with van der Waals surface area (Å²) in [6.07, 6.45) is 1.91. The van der Waals surface area contributed by atoms with Crippen LogP contribution in [-0.2, 0) is 19.8 Å². The van der Waals surface area contributed by atoms with Gasteiger partial charge in [-0.05, 0) is 51.3 Å². The van der Waals surface area contributed by atoms with Crippen LogP contribution in [0.4, 0.5) is 5.69 Å². The quantitative estimate of drug-likeness (QED) is 0.146. The number of nitrogens with one attached hydrogen (secondary N) is 3. The summed E-state index contributed by atoms with van der Waals surface area (Å²) in [4.78, 5) is 40.9. The van der Waals surface area contributed by atoms with Crippen LogP contribution in [-0.4, -0.2) is 66.2 Å². The molecule has 0 bridgehead atoms. The largest absolute Gasteiger partial charge is 0.497 e. The van der Waals surface area contributed by atoms with Gasteiger partial charge in [0.15, 0.2) is 0 Å². The van der Waals surface area contributed by atoms with Crippen LogP contribution in [0.15, 0.2) is 24.3 Å². The van der Waals surface area contributed by atoms with E-state index in [1.807, 2.05) is 25.1 Å². The Labute approximate surface area is 280 Å². The summed E-state index contributed by atoms with van der Waals surface area (Å²) < 4.78 is 5.47. The number of hydrogen-bond donors (Lipinski definition) is 6. The first-order valence-electron chi connectivity index (χ1n) is 13.4. The van der Waals surface area contributed by atoms with Crippen molar-refractivity contribution in [2.24, 2.45) is 11.5 Å². The number of hydrogen-bond acceptors (Lipinski definition) is 8. The number of aliphatic carboxylic acids is 1. The minimum Gasteiger partial charge on any atom is -0.497 e. The number of halogens is 3. The van der Waals surface area contributed by atoms with Crippen molar-refractivity contribution in [3.63, 3.8) is 0 Å². The average Bonchev–Trinajstić information content (AvgIpc) is 2.88. The van der Waals surface area contributed by atoms with Gasteiger partial charge in [0.05, 0.1) is 30.8 Å². The normalized spacial score (nSPS) is 12.8. The Hall–Kier alpha value is -2.00. The molecule has 0 spiro atoms. The van der Waals surface area contributed by atoms with Gasteiger partial charge in [-0.3, -0.25) is 14.6 Å². The highest BCUT2D eigenvalue weighted by Crippen LogP contribution is 2.31. The van der Waals surface area contributed by atoms with Gasteiger partial charge in [-0.25, -0.2) is 4.79 Å². The van der Waals surface area contributed by atoms with Gasteiger partial charge in [-0.1, -0.05) is 26.8 Å². The second-order valence-electron chi connectivity index (χ2n) is 10.9. The zero-order valence-electron chi connectivity index (χ0n) is 24.9. The van der Waals surface area contributed by atoms with Gasteiger partial charge in [-0.15, -0.1) is 50.9 Å². The minimum absolute atomic E-state index is 0. The summed E-state index contributed by atoms with van der Waals surface area (Å²) in [6, 6.07) is 5.83. The SMILES string of the molecule is Br.Br.Br.COc1cc(NC(C)CCCNC(=O)C[C@@H](NC(=O)[C@@H](N)CCCN)C(=O)O)c2nc(C(C)(C)C)ccc2c1. The van der Waals surface area contributed by atoms with Crippen molar-refractivity contribution in [3.8, 4) is 5.75 Å². The third-order valence-electron chi connectivity index (χ3n) is 6.37. The number of nitrogens with two attached hydrogens (primary N) is 2. The van der Waals surface area contributed by atoms with Crippen molar-refractivity contribution in [3.05, 3.63) is 30.0 Å². The van der Waals surface area contributed by atoms with Crippen LogP contribution in [0, 0.1) is 0 Å². The number of pyridine rings is 1. The van der Waals surface area contributed by atoms with Crippen LogP contribution >= 0.6 is 50.9 Å². The predicted molar refractivity (Wildman–Crippen MR) is 184 cm³/mol. The number of carbonyl (C=O) groups is 3. The molecule has 14 heteroatoms. The standard InChI is InChI=1S/C28H44N6O5.3BrH/c1-17(32-21-15-19(39-5)14-18-10-11-23(28(2,3)4)34-25(18)21)8-7-13-31-24(35)16-22(27(37)38)33-26(36)20(30)9-6-12-29;;;/h10-11,14-15,17,20,22,32H,6-9,12-13,16,29-30H2,1-5H3,(H,31,35)(H,33,36)(H,37,38);3*1H/t17?,20-,22+;;;/m0.../s1. The van der Waals surface area contributed by atoms with E-state index < -0.39 is 29.9 Å². The Morgan fingerprint density at radius 1 is 1.07 bits per heavy atom. The topological polar surface area (TPSA) is 182 Å². The Morgan fingerprint density at radius 2 is 1.74 bits per heavy atom. The summed E-state index contributed by atoms with van der Waals surface area (Å²) in [7, 11) is 1.63. The van der Waals surface area contributed by atoms with Crippen molar-refractivity contribution in [2.45, 2.75) is 83.3 Å². The van der Waals surface area contributed by atoms with E-state index in [0.29, 0.717) is 32.4 Å². The summed E-state index contributed by atoms with van der Waals surface area (Å²) in [5, 5.41) is 19.0. The van der Waals surface area contributed by atoms with E-state index in [-0.39, 0.29) is 68.8 Å². The number of carbonyl (C=O) groups excluding carboxylic acids is 2. The number of methoxy groups -OCH3 is 1. The third-order valence-corrected chi connectivity index (χ3v) is 6.37. The molecular formula is C28H47Br3N6O5. The van der Waals surface area contributed by atoms with E-state index in [0.717, 1.165) is 34.5 Å². The molecule has 1 unspecified atom stereocenters. The highest BCUT2D eigenvalue weighted by molar-refractivity contribution is 8.93. The first kappa shape index (κ1) is 42.1. The molecule has 1 aromatic heterocycles. The zero-order chi connectivity index (χ0) is 29.2. The van der Waals surface area contributed by atoms with E-state index in [2.05, 4.69) is 42.8 Å². The second kappa shape index (κ2) is 20.0. The van der Waals surface area contributed by atoms with E-state index in [1.165, 1.54) is 0 Å². The van der Waals surface area contributed by atoms with E-state index in [9.17, 15) is 19.5 Å². The molecule has 0 aliphatic heterocycles. The van der Waals surface area contributed by atoms with E-state index in [4.69, 9.17) is 21.2 Å². The molecule has 2 amide bonds. The van der Waals surface area contributed by atoms with Crippen LogP contribution in [0.3, 0.4) is 0 Å². The smallest absolute Gasteiger partial charge is 0.326 e. The lowest BCUT2D eigenvalue weighted by atomic mass is 9.91. The van der Waals surface area contributed by atoms with Crippen molar-refractivity contribution in [2.75, 3.05) is 25.5 Å². The summed E-state index contributed by atoms with van der Waals surface area (Å²) in [5.41, 5.74) is 13.8. The number of fused-ring (bicyclic) bond motifs is 1. The van der Waals surface area contributed by atoms with E-state index >= 15 is 0 Å². The maximum Gasteiger partial charge on any atom is 0.326 e. The average molecular weight is 787 g/mol. The lowest BCUT2D eigenvalue weighted by molar-refractivity contribution is -0.143. The summed E-state index contributed by atoms with van der Waals surface area (Å²) in [5.74, 6) is -1.64. The molecule has 3 atom stereocenters. The lowest BCUT2D eigenvalue weighted by Crippen LogP contribution is -2.50. The molecule has 240 valence electrons. The third kappa shape index (κ3) is 13.5. The number of nitrogens with zero attached hydrogens (tertiary/aromatic N) is 1. The van der Waals surface area contributed by atoms with Crippen LogP contribution < -0.4 is 32.2 Å². The fourth-order valence-electron chi connectivity index (χ4n) is 4.03. The molecule has 0 radical (unpaired) electrons. The number of carboxylic acid groups (broad SMARTS) is 1. The van der Waals surface area contributed by atoms with Gasteiger partial charge in [-0.2, -0.15) is 0 Å². The summed E-state index contributed by atoms with van der Waals surface area (Å²) >= 11 is 0. The molecule has 0 aliphatic carbocycles. The van der Waals surface area contributed by atoms with Crippen LogP contribution in [0.25, 0.3) is 10.9 Å². The highest BCUT2D eigenvalue weighted by Gasteiger charge is 2.25. The Bertz CT molecular complexity index is 1150. The number of amides is 2. The van der Waals surface area contributed by atoms with Gasteiger partial charge in [0.1, 0.15) is 11.8 Å². The van der Waals surface area contributed by atoms with Crippen molar-refractivity contribution < 1.29 is 24.2 Å². The maximum absolute atomic E-state index is 12.3. The number of carboxylic acids is 1. The van der Waals surface area contributed by atoms with Gasteiger partial charge < -0.3 is 37.3 Å². The van der Waals surface area contributed by atoms with Crippen LogP contribution in [0.5, 0.6) is 5.75 Å². The second-order valence-corrected chi connectivity index (χ2v) is 10.9. The predicted octanol–water partition coefficient (Wildman–Crippen LogP) is 4.00. The minimum atomic E-state index is -1.35. The Balaban J connectivity index is 0. The maximum atomic E-state index is 12.3. The summed E-state index contributed by atoms with van der Waals surface area (Å²) in [6.45, 7) is 9.17. The fourth-order valence-corrected chi connectivity index (χ4v) is 4.03. The molecule has 1 heterocycles. The molecule has 1 aromatic carbocycles.